The second-order valence-corrected chi connectivity index (χ2v) is 5.20. The first-order chi connectivity index (χ1) is 5.99. The Hall–Kier alpha value is 0.0649. The summed E-state index contributed by atoms with van der Waals surface area (Å²) in [6, 6.07) is 0. The Kier molecular flexibility index (Phi) is 6.54. The highest BCUT2D eigenvalue weighted by Gasteiger charge is 2.18. The first-order valence-corrected chi connectivity index (χ1v) is 5.85. The van der Waals surface area contributed by atoms with Crippen molar-refractivity contribution < 1.29 is 0 Å². The zero-order chi connectivity index (χ0) is 10.3. The molecule has 0 nitrogen and oxygen atoms in total. The highest BCUT2D eigenvalue weighted by atomic mass is 14.1. The minimum atomic E-state index is 0.396. The van der Waals surface area contributed by atoms with Gasteiger partial charge in [0.25, 0.3) is 0 Å². The maximum absolute atomic E-state index is 2.53. The predicted molar refractivity (Wildman–Crippen MR) is 63.7 cm³/mol. The van der Waals surface area contributed by atoms with Crippen LogP contribution in [-0.2, 0) is 0 Å². The molecule has 0 aromatic heterocycles. The van der Waals surface area contributed by atoms with Gasteiger partial charge in [-0.3, -0.25) is 0 Å². The molecular weight excluding hydrogens is 155 g/mol. The molecule has 1 atom stereocenters. The molecule has 1 heteroatoms. The third kappa shape index (κ3) is 8.40. The van der Waals surface area contributed by atoms with E-state index in [1.54, 1.807) is 0 Å². The lowest BCUT2D eigenvalue weighted by molar-refractivity contribution is 0.602. The van der Waals surface area contributed by atoms with Gasteiger partial charge in [-0.25, -0.2) is 0 Å². The Morgan fingerprint density at radius 3 is 2.08 bits per heavy atom. The van der Waals surface area contributed by atoms with E-state index in [0.29, 0.717) is 5.31 Å². The van der Waals surface area contributed by atoms with Crippen molar-refractivity contribution in [2.45, 2.75) is 77.9 Å². The third-order valence-corrected chi connectivity index (χ3v) is 2.44. The molecule has 0 aromatic rings. The second kappa shape index (κ2) is 6.51. The van der Waals surface area contributed by atoms with E-state index in [1.807, 2.05) is 0 Å². The summed E-state index contributed by atoms with van der Waals surface area (Å²) in [5.41, 5.74) is 0. The lowest BCUT2D eigenvalue weighted by Gasteiger charge is -2.23. The smallest absolute Gasteiger partial charge is 0.0685 e. The highest BCUT2D eigenvalue weighted by molar-refractivity contribution is 6.41. The molecule has 77 valence electrons. The molecule has 13 heavy (non-hydrogen) atoms. The van der Waals surface area contributed by atoms with Crippen LogP contribution in [0.5, 0.6) is 0 Å². The molecule has 0 aromatic carbocycles. The summed E-state index contributed by atoms with van der Waals surface area (Å²) in [6.45, 7) is 11.5. The molecule has 0 saturated carbocycles. The number of rotatable bonds is 6. The van der Waals surface area contributed by atoms with Crippen molar-refractivity contribution >= 4 is 7.28 Å². The fourth-order valence-corrected chi connectivity index (χ4v) is 1.77. The van der Waals surface area contributed by atoms with Crippen LogP contribution in [0.3, 0.4) is 0 Å². The van der Waals surface area contributed by atoms with E-state index < -0.39 is 0 Å². The molecular formula is C12H26B. The molecule has 0 aliphatic carbocycles. The SMILES string of the molecule is CCCCCC([B]C(C)(C)C)CC. The Balaban J connectivity index is 3.63. The Bertz CT molecular complexity index is 113. The van der Waals surface area contributed by atoms with Crippen LogP contribution in [0.15, 0.2) is 0 Å². The van der Waals surface area contributed by atoms with Gasteiger partial charge in [-0.1, -0.05) is 77.9 Å². The van der Waals surface area contributed by atoms with Gasteiger partial charge in [0.05, 0.1) is 0 Å². The van der Waals surface area contributed by atoms with Gasteiger partial charge in [0.15, 0.2) is 0 Å². The lowest BCUT2D eigenvalue weighted by Crippen LogP contribution is -2.14. The normalized spacial score (nSPS) is 14.2. The average molecular weight is 181 g/mol. The van der Waals surface area contributed by atoms with Crippen molar-refractivity contribution in [2.24, 2.45) is 0 Å². The van der Waals surface area contributed by atoms with Crippen molar-refractivity contribution in [3.8, 4) is 0 Å². The van der Waals surface area contributed by atoms with Crippen LogP contribution in [0.25, 0.3) is 0 Å². The fourth-order valence-electron chi connectivity index (χ4n) is 1.77. The predicted octanol–water partition coefficient (Wildman–Crippen LogP) is 4.69. The van der Waals surface area contributed by atoms with Crippen LogP contribution < -0.4 is 0 Å². The summed E-state index contributed by atoms with van der Waals surface area (Å²) < 4.78 is 0. The number of unbranched alkanes of at least 4 members (excludes halogenated alkanes) is 2. The summed E-state index contributed by atoms with van der Waals surface area (Å²) in [7, 11) is 2.53. The van der Waals surface area contributed by atoms with E-state index in [9.17, 15) is 0 Å². The Morgan fingerprint density at radius 1 is 1.08 bits per heavy atom. The molecule has 0 fully saturated rings. The first kappa shape index (κ1) is 13.1. The van der Waals surface area contributed by atoms with Gasteiger partial charge in [-0.2, -0.15) is 0 Å². The molecule has 0 saturated heterocycles. The summed E-state index contributed by atoms with van der Waals surface area (Å²) >= 11 is 0. The van der Waals surface area contributed by atoms with Crippen LogP contribution >= 0.6 is 0 Å². The highest BCUT2D eigenvalue weighted by Crippen LogP contribution is 2.30. The van der Waals surface area contributed by atoms with Crippen LogP contribution in [-0.4, -0.2) is 7.28 Å². The van der Waals surface area contributed by atoms with E-state index in [4.69, 9.17) is 0 Å². The number of hydrogen-bond acceptors (Lipinski definition) is 0. The van der Waals surface area contributed by atoms with E-state index in [0.717, 1.165) is 5.82 Å². The molecule has 0 bridgehead atoms. The summed E-state index contributed by atoms with van der Waals surface area (Å²) in [5.74, 6) is 0.839. The van der Waals surface area contributed by atoms with Gasteiger partial charge in [-0.05, 0) is 0 Å². The Labute approximate surface area is 85.7 Å². The van der Waals surface area contributed by atoms with Crippen LogP contribution in [0.4, 0.5) is 0 Å². The van der Waals surface area contributed by atoms with Gasteiger partial charge in [0.2, 0.25) is 0 Å². The second-order valence-electron chi connectivity index (χ2n) is 5.20. The zero-order valence-corrected chi connectivity index (χ0v) is 10.2. The van der Waals surface area contributed by atoms with Crippen molar-refractivity contribution in [2.75, 3.05) is 0 Å². The monoisotopic (exact) mass is 181 g/mol. The lowest BCUT2D eigenvalue weighted by atomic mass is 9.46. The van der Waals surface area contributed by atoms with Gasteiger partial charge >= 0.3 is 0 Å². The topological polar surface area (TPSA) is 0 Å². The van der Waals surface area contributed by atoms with E-state index in [1.165, 1.54) is 32.1 Å². The molecule has 0 aliphatic rings. The van der Waals surface area contributed by atoms with Gasteiger partial charge < -0.3 is 0 Å². The van der Waals surface area contributed by atoms with E-state index in [-0.39, 0.29) is 0 Å². The van der Waals surface area contributed by atoms with Gasteiger partial charge in [0, 0.05) is 0 Å². The molecule has 0 N–H and O–H groups in total. The van der Waals surface area contributed by atoms with Crippen molar-refractivity contribution in [3.05, 3.63) is 0 Å². The van der Waals surface area contributed by atoms with Gasteiger partial charge in [0.1, 0.15) is 7.28 Å². The van der Waals surface area contributed by atoms with Crippen LogP contribution in [0, 0.1) is 0 Å². The maximum atomic E-state index is 2.53. The van der Waals surface area contributed by atoms with E-state index >= 15 is 0 Å². The molecule has 1 unspecified atom stereocenters. The molecule has 0 spiro atoms. The quantitative estimate of drug-likeness (QED) is 0.412. The van der Waals surface area contributed by atoms with Crippen molar-refractivity contribution in [1.82, 2.24) is 0 Å². The first-order valence-electron chi connectivity index (χ1n) is 5.85. The minimum absolute atomic E-state index is 0.396. The third-order valence-electron chi connectivity index (χ3n) is 2.44. The van der Waals surface area contributed by atoms with Crippen molar-refractivity contribution in [3.63, 3.8) is 0 Å². The molecule has 0 amide bonds. The molecule has 0 aliphatic heterocycles. The summed E-state index contributed by atoms with van der Waals surface area (Å²) in [5, 5.41) is 0.396. The fraction of sp³-hybridized carbons (Fsp3) is 1.00. The average Bonchev–Trinajstić information content (AvgIpc) is 2.01. The van der Waals surface area contributed by atoms with E-state index in [2.05, 4.69) is 41.9 Å². The Morgan fingerprint density at radius 2 is 1.69 bits per heavy atom. The zero-order valence-electron chi connectivity index (χ0n) is 10.2. The number of hydrogen-bond donors (Lipinski definition) is 0. The molecule has 0 rings (SSSR count). The van der Waals surface area contributed by atoms with Gasteiger partial charge in [-0.15, -0.1) is 0 Å². The molecule has 0 heterocycles. The van der Waals surface area contributed by atoms with Crippen molar-refractivity contribution in [1.29, 1.82) is 0 Å². The van der Waals surface area contributed by atoms with Crippen LogP contribution in [0.1, 0.15) is 66.7 Å². The summed E-state index contributed by atoms with van der Waals surface area (Å²) in [6.07, 6.45) is 6.84. The maximum Gasteiger partial charge on any atom is 0.120 e. The standard InChI is InChI=1S/C12H26B/c1-6-8-9-10-11(7-2)13-12(3,4)5/h11H,6-10H2,1-5H3. The summed E-state index contributed by atoms with van der Waals surface area (Å²) in [4.78, 5) is 0. The largest absolute Gasteiger partial charge is 0.120 e. The van der Waals surface area contributed by atoms with Crippen LogP contribution in [0.2, 0.25) is 11.1 Å². The molecule has 1 radical (unpaired) electrons. The minimum Gasteiger partial charge on any atom is -0.0685 e.